The number of anilines is 3. The summed E-state index contributed by atoms with van der Waals surface area (Å²) in [6, 6.07) is 49.6. The Morgan fingerprint density at radius 1 is 0.449 bits per heavy atom. The first kappa shape index (κ1) is 26.1. The molecule has 4 nitrogen and oxygen atoms in total. The molecule has 0 radical (unpaired) electrons. The highest BCUT2D eigenvalue weighted by Crippen LogP contribution is 2.46. The maximum atomic E-state index is 6.85. The number of hydrogen-bond donors (Lipinski definition) is 0. The van der Waals surface area contributed by atoms with E-state index in [1.807, 2.05) is 35.6 Å². The summed E-state index contributed by atoms with van der Waals surface area (Å²) in [6.45, 7) is 0.0410. The summed E-state index contributed by atoms with van der Waals surface area (Å²) in [7, 11) is 0. The van der Waals surface area contributed by atoms with Crippen LogP contribution in [0.2, 0.25) is 0 Å². The van der Waals surface area contributed by atoms with Crippen LogP contribution in [0, 0.1) is 0 Å². The second kappa shape index (κ2) is 9.37. The number of benzene rings is 7. The van der Waals surface area contributed by atoms with Crippen molar-refractivity contribution in [2.24, 2.45) is 0 Å². The van der Waals surface area contributed by atoms with Crippen LogP contribution in [0.25, 0.3) is 20.9 Å². The van der Waals surface area contributed by atoms with E-state index < -0.39 is 0 Å². The average Bonchev–Trinajstić information content (AvgIpc) is 3.53. The van der Waals surface area contributed by atoms with Gasteiger partial charge < -0.3 is 19.1 Å². The average molecular weight is 643 g/mol. The highest BCUT2D eigenvalue weighted by molar-refractivity contribution is 7.26. The molecule has 0 amide bonds. The van der Waals surface area contributed by atoms with E-state index in [1.165, 1.54) is 42.5 Å². The van der Waals surface area contributed by atoms with Gasteiger partial charge in [-0.2, -0.15) is 0 Å². The maximum absolute atomic E-state index is 6.85. The Kier molecular flexibility index (Phi) is 4.99. The summed E-state index contributed by atoms with van der Waals surface area (Å²) >= 11 is 1.87. The summed E-state index contributed by atoms with van der Waals surface area (Å²) in [5, 5.41) is 4.82. The fourth-order valence-electron chi connectivity index (χ4n) is 8.61. The molecule has 4 aliphatic heterocycles. The van der Waals surface area contributed by atoms with E-state index in [0.29, 0.717) is 0 Å². The van der Waals surface area contributed by atoms with Crippen molar-refractivity contribution in [2.75, 3.05) is 4.90 Å². The Balaban J connectivity index is 1.11. The van der Waals surface area contributed by atoms with Gasteiger partial charge in [-0.15, -0.1) is 11.3 Å². The molecule has 0 bridgehead atoms. The molecule has 0 aliphatic carbocycles. The van der Waals surface area contributed by atoms with Crippen molar-refractivity contribution in [1.29, 1.82) is 0 Å². The predicted octanol–water partition coefficient (Wildman–Crippen LogP) is 7.19. The number of nitrogens with zero attached hydrogens (tertiary/aromatic N) is 1. The molecule has 1 aromatic heterocycles. The van der Waals surface area contributed by atoms with Crippen LogP contribution in [0.3, 0.4) is 0 Å². The monoisotopic (exact) mass is 643 g/mol. The van der Waals surface area contributed by atoms with Gasteiger partial charge in [0.15, 0.2) is 0 Å². The molecule has 0 spiro atoms. The third kappa shape index (κ3) is 3.45. The lowest BCUT2D eigenvalue weighted by Gasteiger charge is -2.38. The van der Waals surface area contributed by atoms with Crippen molar-refractivity contribution in [3.63, 3.8) is 0 Å². The Hall–Kier alpha value is -5.91. The second-order valence-electron chi connectivity index (χ2n) is 13.2. The number of rotatable bonds is 1. The first-order valence-electron chi connectivity index (χ1n) is 16.6. The van der Waals surface area contributed by atoms with Crippen LogP contribution in [0.15, 0.2) is 140 Å². The van der Waals surface area contributed by atoms with E-state index in [9.17, 15) is 0 Å². The highest BCUT2D eigenvalue weighted by Gasteiger charge is 2.45. The summed E-state index contributed by atoms with van der Waals surface area (Å²) in [4.78, 5) is 2.43. The SMILES string of the molecule is c1ccc(N2c3cccc4c3B(c3cc5cc6c(cc5cc3O4)Oc3cccc4c3B6c3ccccc3O4)c3c2sc2ccccc32)cc1. The van der Waals surface area contributed by atoms with Crippen molar-refractivity contribution in [3.8, 4) is 34.5 Å². The van der Waals surface area contributed by atoms with Crippen molar-refractivity contribution >= 4 is 94.8 Å². The molecule has 49 heavy (non-hydrogen) atoms. The topological polar surface area (TPSA) is 30.9 Å². The van der Waals surface area contributed by atoms with E-state index in [-0.39, 0.29) is 13.4 Å². The molecule has 0 fully saturated rings. The van der Waals surface area contributed by atoms with Gasteiger partial charge in [0.1, 0.15) is 34.5 Å². The first-order chi connectivity index (χ1) is 24.3. The molecule has 7 aromatic carbocycles. The van der Waals surface area contributed by atoms with Gasteiger partial charge in [0.05, 0.1) is 5.00 Å². The molecule has 0 N–H and O–H groups in total. The van der Waals surface area contributed by atoms with Crippen molar-refractivity contribution in [3.05, 3.63) is 140 Å². The standard InChI is InChI=1S/C42H23B2NO3S/c1-2-10-26(11-3-1)45-31-14-8-16-33-40(31)44(39-27-12-4-7-19-38(27)49-42(39)45)30-21-24-20-29-36(22-25(24)23-37(30)47-33)48-35-18-9-17-34-41(35)43(29)28-13-5-6-15-32(28)46-34/h1-23H. The van der Waals surface area contributed by atoms with Crippen LogP contribution >= 0.6 is 11.3 Å². The summed E-state index contributed by atoms with van der Waals surface area (Å²) in [6.07, 6.45) is 0. The van der Waals surface area contributed by atoms with E-state index in [0.717, 1.165) is 62.0 Å². The smallest absolute Gasteiger partial charge is 0.260 e. The van der Waals surface area contributed by atoms with Crippen molar-refractivity contribution in [1.82, 2.24) is 0 Å². The van der Waals surface area contributed by atoms with Crippen LogP contribution in [-0.2, 0) is 0 Å². The van der Waals surface area contributed by atoms with Crippen LogP contribution in [0.4, 0.5) is 16.4 Å². The molecule has 5 heterocycles. The van der Waals surface area contributed by atoms with Crippen LogP contribution in [-0.4, -0.2) is 13.4 Å². The molecule has 0 saturated heterocycles. The Morgan fingerprint density at radius 2 is 1.06 bits per heavy atom. The van der Waals surface area contributed by atoms with Crippen LogP contribution in [0.1, 0.15) is 0 Å². The second-order valence-corrected chi connectivity index (χ2v) is 14.2. The summed E-state index contributed by atoms with van der Waals surface area (Å²) < 4.78 is 21.2. The van der Waals surface area contributed by atoms with E-state index in [2.05, 4.69) is 120 Å². The van der Waals surface area contributed by atoms with Gasteiger partial charge in [-0.05, 0) is 104 Å². The lowest BCUT2D eigenvalue weighted by molar-refractivity contribution is 0.465. The quantitative estimate of drug-likeness (QED) is 0.177. The van der Waals surface area contributed by atoms with Crippen LogP contribution < -0.4 is 51.9 Å². The molecule has 8 aromatic rings. The maximum Gasteiger partial charge on any atom is 0.260 e. The zero-order chi connectivity index (χ0) is 31.8. The van der Waals surface area contributed by atoms with Gasteiger partial charge in [-0.3, -0.25) is 0 Å². The number of fused-ring (bicyclic) bond motifs is 11. The minimum Gasteiger partial charge on any atom is -0.458 e. The van der Waals surface area contributed by atoms with Gasteiger partial charge in [0.25, 0.3) is 13.4 Å². The van der Waals surface area contributed by atoms with Gasteiger partial charge >= 0.3 is 0 Å². The highest BCUT2D eigenvalue weighted by atomic mass is 32.1. The zero-order valence-corrected chi connectivity index (χ0v) is 26.8. The number of para-hydroxylation sites is 2. The molecule has 0 atom stereocenters. The minimum atomic E-state index is 0.0189. The van der Waals surface area contributed by atoms with E-state index in [1.54, 1.807) is 0 Å². The zero-order valence-electron chi connectivity index (χ0n) is 26.0. The minimum absolute atomic E-state index is 0.0189. The normalized spacial score (nSPS) is 14.1. The van der Waals surface area contributed by atoms with Gasteiger partial charge in [0.2, 0.25) is 0 Å². The van der Waals surface area contributed by atoms with Gasteiger partial charge in [-0.25, -0.2) is 0 Å². The first-order valence-corrected chi connectivity index (χ1v) is 17.5. The predicted molar refractivity (Wildman–Crippen MR) is 203 cm³/mol. The molecule has 226 valence electrons. The third-order valence-corrected chi connectivity index (χ3v) is 11.8. The summed E-state index contributed by atoms with van der Waals surface area (Å²) in [5.41, 5.74) is 9.47. The van der Waals surface area contributed by atoms with Gasteiger partial charge in [0, 0.05) is 21.5 Å². The molecule has 4 aliphatic rings. The Bertz CT molecular complexity index is 2740. The number of thiophene rings is 1. The summed E-state index contributed by atoms with van der Waals surface area (Å²) in [5.74, 6) is 5.28. The van der Waals surface area contributed by atoms with Crippen LogP contribution in [0.5, 0.6) is 34.5 Å². The molecule has 7 heteroatoms. The van der Waals surface area contributed by atoms with E-state index in [4.69, 9.17) is 14.2 Å². The fourth-order valence-corrected chi connectivity index (χ4v) is 9.88. The number of ether oxygens (including phenoxy) is 3. The molecule has 12 rings (SSSR count). The molecular formula is C42H23B2NO3S. The lowest BCUT2D eigenvalue weighted by atomic mass is 9.34. The van der Waals surface area contributed by atoms with Gasteiger partial charge in [-0.1, -0.05) is 78.9 Å². The van der Waals surface area contributed by atoms with E-state index >= 15 is 0 Å². The third-order valence-electron chi connectivity index (χ3n) is 10.6. The van der Waals surface area contributed by atoms with Crippen molar-refractivity contribution in [2.45, 2.75) is 0 Å². The van der Waals surface area contributed by atoms with Crippen molar-refractivity contribution < 1.29 is 14.2 Å². The fraction of sp³-hybridized carbons (Fsp3) is 0. The Morgan fingerprint density at radius 3 is 1.88 bits per heavy atom. The molecule has 0 saturated carbocycles. The molecular weight excluding hydrogens is 620 g/mol. The number of hydrogen-bond acceptors (Lipinski definition) is 5. The largest absolute Gasteiger partial charge is 0.458 e. The Labute approximate surface area is 286 Å². The lowest BCUT2D eigenvalue weighted by Crippen LogP contribution is -2.59. The molecule has 0 unspecified atom stereocenters.